The number of benzene rings is 1. The summed E-state index contributed by atoms with van der Waals surface area (Å²) in [6.07, 6.45) is 10.0. The van der Waals surface area contributed by atoms with E-state index in [1.807, 2.05) is 30.5 Å². The van der Waals surface area contributed by atoms with Crippen LogP contribution in [0.4, 0.5) is 0 Å². The van der Waals surface area contributed by atoms with Crippen LogP contribution < -0.4 is 0 Å². The lowest BCUT2D eigenvalue weighted by Gasteiger charge is -2.20. The molecule has 5 rings (SSSR count). The monoisotopic (exact) mass is 433 g/mol. The Balaban J connectivity index is 1.22. The van der Waals surface area contributed by atoms with Gasteiger partial charge >= 0.3 is 11.9 Å². The summed E-state index contributed by atoms with van der Waals surface area (Å²) in [6, 6.07) is 7.94. The van der Waals surface area contributed by atoms with Crippen molar-refractivity contribution in [1.82, 2.24) is 4.98 Å². The van der Waals surface area contributed by atoms with Crippen LogP contribution in [0.25, 0.3) is 17.0 Å². The number of allylic oxidation sites excluding steroid dienone is 1. The lowest BCUT2D eigenvalue weighted by atomic mass is 9.84. The number of ether oxygens (including phenoxy) is 3. The zero-order valence-corrected chi connectivity index (χ0v) is 18.1. The van der Waals surface area contributed by atoms with Crippen LogP contribution in [0.3, 0.4) is 0 Å². The molecule has 2 aliphatic heterocycles. The summed E-state index contributed by atoms with van der Waals surface area (Å²) in [6.45, 7) is 6.24. The third-order valence-corrected chi connectivity index (χ3v) is 6.86. The number of carbonyl (C=O) groups is 2. The smallest absolute Gasteiger partial charge is 0.334 e. The maximum atomic E-state index is 12.3. The number of para-hydroxylation sites is 1. The van der Waals surface area contributed by atoms with Gasteiger partial charge in [0.05, 0.1) is 5.60 Å². The Morgan fingerprint density at radius 1 is 1.38 bits per heavy atom. The van der Waals surface area contributed by atoms with E-state index in [2.05, 4.69) is 24.6 Å². The van der Waals surface area contributed by atoms with Gasteiger partial charge < -0.3 is 19.2 Å². The van der Waals surface area contributed by atoms with Gasteiger partial charge in [-0.05, 0) is 50.3 Å². The van der Waals surface area contributed by atoms with Gasteiger partial charge in [0.15, 0.2) is 0 Å². The number of epoxide rings is 1. The summed E-state index contributed by atoms with van der Waals surface area (Å²) in [5.74, 6) is -0.766. The largest absolute Gasteiger partial charge is 0.458 e. The minimum absolute atomic E-state index is 0.0573. The van der Waals surface area contributed by atoms with Gasteiger partial charge in [-0.2, -0.15) is 0 Å². The van der Waals surface area contributed by atoms with Crippen LogP contribution in [-0.4, -0.2) is 41.3 Å². The molecule has 0 saturated carbocycles. The SMILES string of the molecule is C=C1C(=O)O[C@H]2[C@H]1CC/C(COC(=O)/C=C/c1c[nH]c3ccccc13)=C\CC[C@@]1(C)O[C@@H]21. The standard InChI is InChI=1S/C26H27NO5/c1-16-19-11-9-17(6-5-13-26(2)24(32-26)23(19)31-25(16)29)15-30-22(28)12-10-18-14-27-21-8-4-3-7-20(18)21/h3-4,6-8,10,12,14,19,23-24,27H,1,5,9,11,13,15H2,2H3/b12-10+,17-6+/t19-,23-,24-,26+/m0/s1. The van der Waals surface area contributed by atoms with Crippen molar-refractivity contribution in [2.45, 2.75) is 50.4 Å². The molecule has 4 atom stereocenters. The molecule has 2 saturated heterocycles. The Labute approximate surface area is 186 Å². The zero-order chi connectivity index (χ0) is 22.3. The highest BCUT2D eigenvalue weighted by Crippen LogP contribution is 2.49. The minimum Gasteiger partial charge on any atom is -0.458 e. The second-order valence-electron chi connectivity index (χ2n) is 9.02. The summed E-state index contributed by atoms with van der Waals surface area (Å²) in [5, 5.41) is 1.06. The molecule has 3 aliphatic rings. The number of aromatic nitrogens is 1. The highest BCUT2D eigenvalue weighted by Gasteiger charge is 2.61. The van der Waals surface area contributed by atoms with E-state index in [-0.39, 0.29) is 42.3 Å². The number of nitrogens with one attached hydrogen (secondary N) is 1. The fourth-order valence-corrected chi connectivity index (χ4v) is 4.85. The normalized spacial score (nSPS) is 31.5. The van der Waals surface area contributed by atoms with E-state index in [1.165, 1.54) is 6.08 Å². The molecule has 1 aromatic heterocycles. The lowest BCUT2D eigenvalue weighted by Crippen LogP contribution is -2.29. The van der Waals surface area contributed by atoms with Crippen LogP contribution in [0.5, 0.6) is 0 Å². The molecule has 0 unspecified atom stereocenters. The first-order valence-corrected chi connectivity index (χ1v) is 11.1. The molecule has 166 valence electrons. The van der Waals surface area contributed by atoms with Crippen LogP contribution in [0.1, 0.15) is 38.2 Å². The molecular weight excluding hydrogens is 406 g/mol. The third kappa shape index (κ3) is 3.91. The predicted octanol–water partition coefficient (Wildman–Crippen LogP) is 4.48. The second kappa shape index (κ2) is 8.10. The molecule has 0 bridgehead atoms. The molecule has 0 spiro atoms. The van der Waals surface area contributed by atoms with Gasteiger partial charge in [-0.1, -0.05) is 30.9 Å². The van der Waals surface area contributed by atoms with Crippen LogP contribution in [-0.2, 0) is 23.8 Å². The molecule has 0 radical (unpaired) electrons. The van der Waals surface area contributed by atoms with E-state index in [9.17, 15) is 9.59 Å². The molecule has 1 aromatic carbocycles. The molecule has 1 aliphatic carbocycles. The van der Waals surface area contributed by atoms with Crippen molar-refractivity contribution >= 4 is 28.9 Å². The number of hydrogen-bond acceptors (Lipinski definition) is 5. The summed E-state index contributed by atoms with van der Waals surface area (Å²) in [4.78, 5) is 27.6. The Morgan fingerprint density at radius 3 is 3.09 bits per heavy atom. The van der Waals surface area contributed by atoms with Gasteiger partial charge in [-0.3, -0.25) is 0 Å². The molecule has 2 aromatic rings. The van der Waals surface area contributed by atoms with Gasteiger partial charge in [0.2, 0.25) is 0 Å². The first kappa shape index (κ1) is 20.8. The van der Waals surface area contributed by atoms with E-state index in [0.29, 0.717) is 5.57 Å². The van der Waals surface area contributed by atoms with Crippen LogP contribution in [0, 0.1) is 5.92 Å². The number of aromatic amines is 1. The first-order chi connectivity index (χ1) is 15.4. The van der Waals surface area contributed by atoms with Gasteiger partial charge in [-0.25, -0.2) is 9.59 Å². The van der Waals surface area contributed by atoms with Crippen LogP contribution >= 0.6 is 0 Å². The van der Waals surface area contributed by atoms with Crippen molar-refractivity contribution in [3.63, 3.8) is 0 Å². The summed E-state index contributed by atoms with van der Waals surface area (Å²) < 4.78 is 17.0. The van der Waals surface area contributed by atoms with E-state index in [4.69, 9.17) is 14.2 Å². The number of esters is 2. The Morgan fingerprint density at radius 2 is 2.22 bits per heavy atom. The average Bonchev–Trinajstić information content (AvgIpc) is 3.14. The molecule has 0 amide bonds. The van der Waals surface area contributed by atoms with Gasteiger partial charge in [0.25, 0.3) is 0 Å². The number of rotatable bonds is 4. The molecule has 2 fully saturated rings. The second-order valence-corrected chi connectivity index (χ2v) is 9.02. The van der Waals surface area contributed by atoms with E-state index in [0.717, 1.165) is 47.7 Å². The number of fused-ring (bicyclic) bond motifs is 4. The van der Waals surface area contributed by atoms with Crippen molar-refractivity contribution in [3.05, 3.63) is 65.9 Å². The van der Waals surface area contributed by atoms with Crippen LogP contribution in [0.2, 0.25) is 0 Å². The number of carbonyl (C=O) groups excluding carboxylic acids is 2. The Bertz CT molecular complexity index is 1140. The lowest BCUT2D eigenvalue weighted by molar-refractivity contribution is -0.140. The van der Waals surface area contributed by atoms with E-state index in [1.54, 1.807) is 6.08 Å². The van der Waals surface area contributed by atoms with Crippen LogP contribution in [0.15, 0.2) is 60.3 Å². The topological polar surface area (TPSA) is 80.9 Å². The molecular formula is C26H27NO5. The molecule has 3 heterocycles. The van der Waals surface area contributed by atoms with Gasteiger partial charge in [0.1, 0.15) is 18.8 Å². The summed E-state index contributed by atoms with van der Waals surface area (Å²) >= 11 is 0. The Hall–Kier alpha value is -3.12. The third-order valence-electron chi connectivity index (χ3n) is 6.86. The summed E-state index contributed by atoms with van der Waals surface area (Å²) in [7, 11) is 0. The quantitative estimate of drug-likeness (QED) is 0.333. The van der Waals surface area contributed by atoms with Gasteiger partial charge in [-0.15, -0.1) is 0 Å². The predicted molar refractivity (Wildman–Crippen MR) is 121 cm³/mol. The fourth-order valence-electron chi connectivity index (χ4n) is 4.85. The highest BCUT2D eigenvalue weighted by molar-refractivity contribution is 5.94. The first-order valence-electron chi connectivity index (χ1n) is 11.1. The number of hydrogen-bond donors (Lipinski definition) is 1. The fraction of sp³-hybridized carbons (Fsp3) is 0.385. The van der Waals surface area contributed by atoms with Crippen molar-refractivity contribution in [2.75, 3.05) is 6.61 Å². The maximum absolute atomic E-state index is 12.3. The van der Waals surface area contributed by atoms with Crippen molar-refractivity contribution in [1.29, 1.82) is 0 Å². The highest BCUT2D eigenvalue weighted by atomic mass is 16.6. The molecule has 32 heavy (non-hydrogen) atoms. The van der Waals surface area contributed by atoms with Crippen molar-refractivity contribution in [3.8, 4) is 0 Å². The molecule has 6 heteroatoms. The summed E-state index contributed by atoms with van der Waals surface area (Å²) in [5.41, 5.74) is 3.26. The molecule has 1 N–H and O–H groups in total. The van der Waals surface area contributed by atoms with E-state index < -0.39 is 0 Å². The number of H-pyrrole nitrogens is 1. The minimum atomic E-state index is -0.382. The van der Waals surface area contributed by atoms with Gasteiger partial charge in [0, 0.05) is 40.2 Å². The Kier molecular flexibility index (Phi) is 5.25. The van der Waals surface area contributed by atoms with Crippen molar-refractivity contribution < 1.29 is 23.8 Å². The average molecular weight is 434 g/mol. The maximum Gasteiger partial charge on any atom is 0.334 e. The van der Waals surface area contributed by atoms with Crippen molar-refractivity contribution in [2.24, 2.45) is 5.92 Å². The molecule has 6 nitrogen and oxygen atoms in total. The zero-order valence-electron chi connectivity index (χ0n) is 18.1. The van der Waals surface area contributed by atoms with E-state index >= 15 is 0 Å².